The van der Waals surface area contributed by atoms with E-state index in [2.05, 4.69) is 43.0 Å². The zero-order valence-electron chi connectivity index (χ0n) is 18.4. The molecule has 0 bridgehead atoms. The Morgan fingerprint density at radius 1 is 1.00 bits per heavy atom. The first kappa shape index (κ1) is 21.4. The van der Waals surface area contributed by atoms with Crippen LogP contribution < -0.4 is 9.64 Å². The Bertz CT molecular complexity index is 918. The predicted molar refractivity (Wildman–Crippen MR) is 121 cm³/mol. The summed E-state index contributed by atoms with van der Waals surface area (Å²) in [6, 6.07) is 16.3. The van der Waals surface area contributed by atoms with Gasteiger partial charge in [0.15, 0.2) is 6.61 Å². The van der Waals surface area contributed by atoms with E-state index in [0.717, 1.165) is 38.4 Å². The Morgan fingerprint density at radius 2 is 1.71 bits per heavy atom. The third kappa shape index (κ3) is 5.07. The van der Waals surface area contributed by atoms with Crippen molar-refractivity contribution in [3.8, 4) is 5.75 Å². The number of fused-ring (bicyclic) bond motifs is 1. The number of amides is 2. The molecule has 6 nitrogen and oxygen atoms in total. The van der Waals surface area contributed by atoms with E-state index in [9.17, 15) is 9.59 Å². The minimum absolute atomic E-state index is 0.0298. The average molecular weight is 422 g/mol. The molecular formula is C25H31N3O3. The highest BCUT2D eigenvalue weighted by Crippen LogP contribution is 2.31. The van der Waals surface area contributed by atoms with Crippen molar-refractivity contribution >= 4 is 17.5 Å². The van der Waals surface area contributed by atoms with E-state index in [1.165, 1.54) is 11.1 Å². The fourth-order valence-corrected chi connectivity index (χ4v) is 4.19. The molecule has 0 atom stereocenters. The number of piperazine rings is 1. The fraction of sp³-hybridized carbons (Fsp3) is 0.440. The van der Waals surface area contributed by atoms with E-state index in [-0.39, 0.29) is 18.4 Å². The van der Waals surface area contributed by atoms with Gasteiger partial charge in [-0.2, -0.15) is 0 Å². The standard InChI is InChI=1S/C25H31N3O3/c1-19(2)21-9-7-20(8-10-21)17-26-13-15-27(16-14-26)24(29)11-12-28-22-5-3-4-6-23(22)31-18-25(28)30/h3-10,19H,11-18H2,1-2H3. The molecule has 1 saturated heterocycles. The highest BCUT2D eigenvalue weighted by molar-refractivity contribution is 5.98. The van der Waals surface area contributed by atoms with Crippen LogP contribution >= 0.6 is 0 Å². The summed E-state index contributed by atoms with van der Waals surface area (Å²) in [6.07, 6.45) is 0.330. The second-order valence-electron chi connectivity index (χ2n) is 8.60. The first-order chi connectivity index (χ1) is 15.0. The normalized spacial score (nSPS) is 16.9. The van der Waals surface area contributed by atoms with Gasteiger partial charge in [-0.05, 0) is 29.2 Å². The van der Waals surface area contributed by atoms with Crippen LogP contribution in [0, 0.1) is 0 Å². The smallest absolute Gasteiger partial charge is 0.265 e. The van der Waals surface area contributed by atoms with Crippen molar-refractivity contribution < 1.29 is 14.3 Å². The van der Waals surface area contributed by atoms with Gasteiger partial charge in [-0.15, -0.1) is 0 Å². The van der Waals surface area contributed by atoms with Crippen molar-refractivity contribution in [3.63, 3.8) is 0 Å². The van der Waals surface area contributed by atoms with E-state index in [0.29, 0.717) is 24.6 Å². The SMILES string of the molecule is CC(C)c1ccc(CN2CCN(C(=O)CCN3C(=O)COc4ccccc43)CC2)cc1. The number of hydrogen-bond acceptors (Lipinski definition) is 4. The van der Waals surface area contributed by atoms with E-state index >= 15 is 0 Å². The van der Waals surface area contributed by atoms with E-state index in [4.69, 9.17) is 4.74 Å². The molecule has 0 aromatic heterocycles. The van der Waals surface area contributed by atoms with E-state index < -0.39 is 0 Å². The molecule has 2 aliphatic heterocycles. The lowest BCUT2D eigenvalue weighted by molar-refractivity contribution is -0.132. The minimum atomic E-state index is -0.0974. The molecule has 0 spiro atoms. The summed E-state index contributed by atoms with van der Waals surface area (Å²) in [4.78, 5) is 31.1. The Hall–Kier alpha value is -2.86. The third-order valence-electron chi connectivity index (χ3n) is 6.14. The van der Waals surface area contributed by atoms with Crippen LogP contribution in [0.4, 0.5) is 5.69 Å². The quantitative estimate of drug-likeness (QED) is 0.718. The number of benzene rings is 2. The molecular weight excluding hydrogens is 390 g/mol. The van der Waals surface area contributed by atoms with Gasteiger partial charge in [-0.25, -0.2) is 0 Å². The van der Waals surface area contributed by atoms with Gasteiger partial charge in [0.05, 0.1) is 5.69 Å². The number of rotatable bonds is 6. The molecule has 0 aliphatic carbocycles. The maximum atomic E-state index is 12.8. The molecule has 0 saturated carbocycles. The lowest BCUT2D eigenvalue weighted by Gasteiger charge is -2.35. The number of carbonyl (C=O) groups excluding carboxylic acids is 2. The summed E-state index contributed by atoms with van der Waals surface area (Å²) in [5.74, 6) is 1.26. The summed E-state index contributed by atoms with van der Waals surface area (Å²) < 4.78 is 5.48. The van der Waals surface area contributed by atoms with Crippen LogP contribution in [0.1, 0.15) is 37.3 Å². The predicted octanol–water partition coefficient (Wildman–Crippen LogP) is 3.27. The van der Waals surface area contributed by atoms with Gasteiger partial charge < -0.3 is 14.5 Å². The van der Waals surface area contributed by atoms with Crippen LogP contribution in [0.15, 0.2) is 48.5 Å². The van der Waals surface area contributed by atoms with E-state index in [1.807, 2.05) is 29.2 Å². The minimum Gasteiger partial charge on any atom is -0.482 e. The summed E-state index contributed by atoms with van der Waals surface area (Å²) in [5.41, 5.74) is 3.43. The molecule has 164 valence electrons. The molecule has 1 fully saturated rings. The largest absolute Gasteiger partial charge is 0.482 e. The molecule has 0 unspecified atom stereocenters. The first-order valence-electron chi connectivity index (χ1n) is 11.1. The first-order valence-corrected chi connectivity index (χ1v) is 11.1. The van der Waals surface area contributed by atoms with Crippen LogP contribution in [-0.4, -0.2) is 60.9 Å². The van der Waals surface area contributed by atoms with Gasteiger partial charge in [0.25, 0.3) is 5.91 Å². The maximum Gasteiger partial charge on any atom is 0.265 e. The second kappa shape index (κ2) is 9.52. The number of hydrogen-bond donors (Lipinski definition) is 0. The second-order valence-corrected chi connectivity index (χ2v) is 8.60. The van der Waals surface area contributed by atoms with Crippen LogP contribution in [0.2, 0.25) is 0 Å². The summed E-state index contributed by atoms with van der Waals surface area (Å²) in [7, 11) is 0. The van der Waals surface area contributed by atoms with Crippen LogP contribution in [0.5, 0.6) is 5.75 Å². The molecule has 6 heteroatoms. The van der Waals surface area contributed by atoms with Crippen LogP contribution in [-0.2, 0) is 16.1 Å². The molecule has 31 heavy (non-hydrogen) atoms. The molecule has 2 aromatic rings. The van der Waals surface area contributed by atoms with Crippen molar-refractivity contribution in [1.29, 1.82) is 0 Å². The molecule has 2 aromatic carbocycles. The Balaban J connectivity index is 1.26. The van der Waals surface area contributed by atoms with Gasteiger partial charge in [0.2, 0.25) is 5.91 Å². The highest BCUT2D eigenvalue weighted by Gasteiger charge is 2.27. The lowest BCUT2D eigenvalue weighted by atomic mass is 10.0. The lowest BCUT2D eigenvalue weighted by Crippen LogP contribution is -2.49. The van der Waals surface area contributed by atoms with Gasteiger partial charge in [-0.1, -0.05) is 50.2 Å². The van der Waals surface area contributed by atoms with Gasteiger partial charge >= 0.3 is 0 Å². The van der Waals surface area contributed by atoms with Gasteiger partial charge in [0, 0.05) is 45.7 Å². The van der Waals surface area contributed by atoms with Crippen molar-refractivity contribution in [1.82, 2.24) is 9.80 Å². The number of para-hydroxylation sites is 2. The van der Waals surface area contributed by atoms with Crippen molar-refractivity contribution in [2.45, 2.75) is 32.7 Å². The summed E-state index contributed by atoms with van der Waals surface area (Å²) in [6.45, 7) is 8.96. The number of carbonyl (C=O) groups is 2. The zero-order valence-corrected chi connectivity index (χ0v) is 18.4. The molecule has 0 N–H and O–H groups in total. The van der Waals surface area contributed by atoms with Crippen molar-refractivity contribution in [3.05, 3.63) is 59.7 Å². The molecule has 4 rings (SSSR count). The number of nitrogens with zero attached hydrogens (tertiary/aromatic N) is 3. The topological polar surface area (TPSA) is 53.1 Å². The van der Waals surface area contributed by atoms with Gasteiger partial charge in [-0.3, -0.25) is 14.5 Å². The monoisotopic (exact) mass is 421 g/mol. The highest BCUT2D eigenvalue weighted by atomic mass is 16.5. The zero-order chi connectivity index (χ0) is 21.8. The molecule has 2 amide bonds. The number of anilines is 1. The van der Waals surface area contributed by atoms with E-state index in [1.54, 1.807) is 4.90 Å². The third-order valence-corrected chi connectivity index (χ3v) is 6.14. The van der Waals surface area contributed by atoms with Crippen LogP contribution in [0.3, 0.4) is 0 Å². The molecule has 2 heterocycles. The fourth-order valence-electron chi connectivity index (χ4n) is 4.19. The number of ether oxygens (including phenoxy) is 1. The average Bonchev–Trinajstić information content (AvgIpc) is 2.79. The van der Waals surface area contributed by atoms with Crippen molar-refractivity contribution in [2.24, 2.45) is 0 Å². The summed E-state index contributed by atoms with van der Waals surface area (Å²) >= 11 is 0. The summed E-state index contributed by atoms with van der Waals surface area (Å²) in [5, 5.41) is 0. The molecule has 2 aliphatic rings. The maximum absolute atomic E-state index is 12.8. The molecule has 0 radical (unpaired) electrons. The van der Waals surface area contributed by atoms with Gasteiger partial charge in [0.1, 0.15) is 5.75 Å². The Morgan fingerprint density at radius 3 is 2.42 bits per heavy atom. The Labute approximate surface area is 184 Å². The Kier molecular flexibility index (Phi) is 6.56. The van der Waals surface area contributed by atoms with Crippen molar-refractivity contribution in [2.75, 3.05) is 44.2 Å². The van der Waals surface area contributed by atoms with Crippen LogP contribution in [0.25, 0.3) is 0 Å².